The molecule has 1 aromatic carbocycles. The summed E-state index contributed by atoms with van der Waals surface area (Å²) >= 11 is 1.12. The number of azo groups is 1. The van der Waals surface area contributed by atoms with Crippen molar-refractivity contribution in [3.63, 3.8) is 0 Å². The Kier molecular flexibility index (Phi) is 4.39. The van der Waals surface area contributed by atoms with Crippen LogP contribution in [0.1, 0.15) is 10.4 Å². The first-order valence-corrected chi connectivity index (χ1v) is 6.63. The van der Waals surface area contributed by atoms with Crippen LogP contribution in [0.5, 0.6) is 0 Å². The minimum atomic E-state index is 0.331. The molecular formula is C14H9N5OS. The van der Waals surface area contributed by atoms with E-state index in [1.54, 1.807) is 31.3 Å². The van der Waals surface area contributed by atoms with Crippen molar-refractivity contribution in [1.82, 2.24) is 0 Å². The third-order valence-corrected chi connectivity index (χ3v) is 3.54. The number of rotatable bonds is 4. The first kappa shape index (κ1) is 14.4. The van der Waals surface area contributed by atoms with Gasteiger partial charge in [-0.3, -0.25) is 4.79 Å². The number of nitrogens with zero attached hydrogens (tertiary/aromatic N) is 5. The molecule has 6 nitrogen and oxygen atoms in total. The van der Waals surface area contributed by atoms with E-state index in [0.717, 1.165) is 17.0 Å². The molecule has 0 aliphatic rings. The quantitative estimate of drug-likeness (QED) is 0.638. The smallest absolute Gasteiger partial charge is 0.213 e. The maximum Gasteiger partial charge on any atom is 0.213 e. The summed E-state index contributed by atoms with van der Waals surface area (Å²) < 4.78 is 0. The minimum absolute atomic E-state index is 0.331. The Hall–Kier alpha value is -3.03. The highest BCUT2D eigenvalue weighted by Crippen LogP contribution is 2.31. The molecule has 102 valence electrons. The SMILES string of the molecule is CN(C=O)c1ccc(N=Nc2sc(C#N)cc2C#N)cc1. The predicted octanol–water partition coefficient (Wildman–Crippen LogP) is 3.50. The number of benzene rings is 1. The second-order valence-corrected chi connectivity index (χ2v) is 5.02. The lowest BCUT2D eigenvalue weighted by Gasteiger charge is -2.09. The van der Waals surface area contributed by atoms with Crippen LogP contribution < -0.4 is 4.90 Å². The second-order valence-electron chi connectivity index (χ2n) is 3.99. The van der Waals surface area contributed by atoms with Gasteiger partial charge < -0.3 is 4.90 Å². The summed E-state index contributed by atoms with van der Waals surface area (Å²) in [5.41, 5.74) is 1.66. The number of nitriles is 2. The van der Waals surface area contributed by atoms with Crippen molar-refractivity contribution in [2.75, 3.05) is 11.9 Å². The van der Waals surface area contributed by atoms with E-state index in [-0.39, 0.29) is 0 Å². The fourth-order valence-electron chi connectivity index (χ4n) is 1.51. The molecule has 0 saturated carbocycles. The number of thiophene rings is 1. The van der Waals surface area contributed by atoms with Crippen molar-refractivity contribution in [2.24, 2.45) is 10.2 Å². The van der Waals surface area contributed by atoms with Crippen molar-refractivity contribution in [3.8, 4) is 12.1 Å². The molecule has 1 amide bonds. The van der Waals surface area contributed by atoms with Gasteiger partial charge in [-0.15, -0.1) is 21.6 Å². The average molecular weight is 295 g/mol. The number of carbonyl (C=O) groups excluding carboxylic acids is 1. The average Bonchev–Trinajstić information content (AvgIpc) is 2.95. The van der Waals surface area contributed by atoms with Gasteiger partial charge in [-0.25, -0.2) is 0 Å². The van der Waals surface area contributed by atoms with Crippen molar-refractivity contribution in [2.45, 2.75) is 0 Å². The molecule has 2 rings (SSSR count). The zero-order valence-corrected chi connectivity index (χ0v) is 11.8. The Morgan fingerprint density at radius 3 is 2.48 bits per heavy atom. The van der Waals surface area contributed by atoms with Gasteiger partial charge in [0.25, 0.3) is 0 Å². The highest BCUT2D eigenvalue weighted by Gasteiger charge is 2.07. The van der Waals surface area contributed by atoms with Gasteiger partial charge in [-0.05, 0) is 30.3 Å². The number of amides is 1. The van der Waals surface area contributed by atoms with E-state index in [4.69, 9.17) is 10.5 Å². The minimum Gasteiger partial charge on any atom is -0.318 e. The number of hydrogen-bond donors (Lipinski definition) is 0. The summed E-state index contributed by atoms with van der Waals surface area (Å²) in [6.07, 6.45) is 0.713. The van der Waals surface area contributed by atoms with Crippen LogP contribution in [0.15, 0.2) is 40.6 Å². The van der Waals surface area contributed by atoms with Crippen LogP contribution in [0, 0.1) is 22.7 Å². The molecule has 0 radical (unpaired) electrons. The summed E-state index contributed by atoms with van der Waals surface area (Å²) in [6, 6.07) is 12.3. The number of hydrogen-bond acceptors (Lipinski definition) is 6. The van der Waals surface area contributed by atoms with Gasteiger partial charge >= 0.3 is 0 Å². The normalized spacial score (nSPS) is 10.0. The molecule has 0 unspecified atom stereocenters. The topological polar surface area (TPSA) is 92.6 Å². The molecule has 0 aliphatic carbocycles. The largest absolute Gasteiger partial charge is 0.318 e. The summed E-state index contributed by atoms with van der Waals surface area (Å²) in [5, 5.41) is 26.2. The predicted molar refractivity (Wildman–Crippen MR) is 78.8 cm³/mol. The Bertz CT molecular complexity index is 764. The lowest BCUT2D eigenvalue weighted by molar-refractivity contribution is -0.107. The van der Waals surface area contributed by atoms with Crippen molar-refractivity contribution < 1.29 is 4.79 Å². The third-order valence-electron chi connectivity index (χ3n) is 2.61. The van der Waals surface area contributed by atoms with Crippen molar-refractivity contribution in [3.05, 3.63) is 40.8 Å². The van der Waals surface area contributed by atoms with Gasteiger partial charge in [-0.2, -0.15) is 10.5 Å². The van der Waals surface area contributed by atoms with Crippen LogP contribution in [-0.2, 0) is 4.79 Å². The molecule has 0 atom stereocenters. The second kappa shape index (κ2) is 6.42. The van der Waals surface area contributed by atoms with E-state index in [9.17, 15) is 4.79 Å². The molecule has 0 aliphatic heterocycles. The first-order valence-electron chi connectivity index (χ1n) is 5.82. The van der Waals surface area contributed by atoms with E-state index in [2.05, 4.69) is 10.2 Å². The third kappa shape index (κ3) is 3.30. The van der Waals surface area contributed by atoms with E-state index < -0.39 is 0 Å². The lowest BCUT2D eigenvalue weighted by Crippen LogP contribution is -2.12. The van der Waals surface area contributed by atoms with Crippen LogP contribution in [0.25, 0.3) is 0 Å². The van der Waals surface area contributed by atoms with Crippen molar-refractivity contribution >= 4 is 34.1 Å². The number of carbonyl (C=O) groups is 1. The summed E-state index contributed by atoms with van der Waals surface area (Å²) in [5.74, 6) is 0. The standard InChI is InChI=1S/C14H9N5OS/c1-19(9-20)12-4-2-11(3-5-12)17-18-14-10(7-15)6-13(8-16)21-14/h2-6,9H,1H3. The Morgan fingerprint density at radius 1 is 1.19 bits per heavy atom. The first-order chi connectivity index (χ1) is 10.2. The summed E-state index contributed by atoms with van der Waals surface area (Å²) in [7, 11) is 1.65. The van der Waals surface area contributed by atoms with Crippen LogP contribution in [0.3, 0.4) is 0 Å². The van der Waals surface area contributed by atoms with Gasteiger partial charge in [0.05, 0.1) is 11.3 Å². The highest BCUT2D eigenvalue weighted by atomic mass is 32.1. The van der Waals surface area contributed by atoms with E-state index in [0.29, 0.717) is 27.5 Å². The highest BCUT2D eigenvalue weighted by molar-refractivity contribution is 7.16. The Morgan fingerprint density at radius 2 is 1.90 bits per heavy atom. The molecule has 0 N–H and O–H groups in total. The van der Waals surface area contributed by atoms with Gasteiger partial charge in [-0.1, -0.05) is 0 Å². The van der Waals surface area contributed by atoms with Crippen LogP contribution in [0.2, 0.25) is 0 Å². The molecule has 0 bridgehead atoms. The maximum absolute atomic E-state index is 10.6. The molecule has 0 spiro atoms. The summed E-state index contributed by atoms with van der Waals surface area (Å²) in [4.78, 5) is 12.5. The van der Waals surface area contributed by atoms with E-state index >= 15 is 0 Å². The molecule has 7 heteroatoms. The van der Waals surface area contributed by atoms with E-state index in [1.807, 2.05) is 12.1 Å². The van der Waals surface area contributed by atoms with E-state index in [1.165, 1.54) is 11.0 Å². The maximum atomic E-state index is 10.6. The van der Waals surface area contributed by atoms with Crippen LogP contribution >= 0.6 is 11.3 Å². The molecule has 1 heterocycles. The Labute approximate surface area is 125 Å². The van der Waals surface area contributed by atoms with Gasteiger partial charge in [0.1, 0.15) is 17.0 Å². The fourth-order valence-corrected chi connectivity index (χ4v) is 2.24. The van der Waals surface area contributed by atoms with Gasteiger partial charge in [0.15, 0.2) is 5.00 Å². The molecule has 0 fully saturated rings. The molecule has 21 heavy (non-hydrogen) atoms. The molecular weight excluding hydrogens is 286 g/mol. The lowest BCUT2D eigenvalue weighted by atomic mass is 10.3. The summed E-state index contributed by atoms with van der Waals surface area (Å²) in [6.45, 7) is 0. The van der Waals surface area contributed by atoms with Crippen LogP contribution in [-0.4, -0.2) is 13.5 Å². The monoisotopic (exact) mass is 295 g/mol. The zero-order chi connectivity index (χ0) is 15.2. The van der Waals surface area contributed by atoms with Crippen LogP contribution in [0.4, 0.5) is 16.4 Å². The molecule has 1 aromatic heterocycles. The number of anilines is 1. The molecule has 2 aromatic rings. The zero-order valence-electron chi connectivity index (χ0n) is 11.0. The van der Waals surface area contributed by atoms with Gasteiger partial charge in [0.2, 0.25) is 6.41 Å². The molecule has 0 saturated heterocycles. The van der Waals surface area contributed by atoms with Crippen molar-refractivity contribution in [1.29, 1.82) is 10.5 Å². The van der Waals surface area contributed by atoms with Gasteiger partial charge in [0, 0.05) is 12.7 Å². The Balaban J connectivity index is 2.22. The fraction of sp³-hybridized carbons (Fsp3) is 0.0714.